The molecule has 0 amide bonds. The highest BCUT2D eigenvalue weighted by atomic mass is 32.1. The van der Waals surface area contributed by atoms with Crippen molar-refractivity contribution in [3.63, 3.8) is 0 Å². The summed E-state index contributed by atoms with van der Waals surface area (Å²) in [4.78, 5) is 2.71. The summed E-state index contributed by atoms with van der Waals surface area (Å²) in [5, 5.41) is 8.37. The van der Waals surface area contributed by atoms with Gasteiger partial charge in [-0.15, -0.1) is 22.7 Å². The maximum absolute atomic E-state index is 2.96. The van der Waals surface area contributed by atoms with Gasteiger partial charge in [0.25, 0.3) is 0 Å². The summed E-state index contributed by atoms with van der Waals surface area (Å²) in [6.07, 6.45) is 0. The van der Waals surface area contributed by atoms with Crippen molar-refractivity contribution in [3.8, 4) is 0 Å². The monoisotopic (exact) mass is 650 g/mol. The average molecular weight is 651 g/mol. The third kappa shape index (κ3) is 4.54. The van der Waals surface area contributed by atoms with E-state index in [-0.39, 0.29) is 0 Å². The molecule has 6 aromatic carbocycles. The maximum Gasteiger partial charge on any atom is 0.183 e. The predicted molar refractivity (Wildman–Crippen MR) is 208 cm³/mol. The minimum absolute atomic E-state index is 1.26. The van der Waals surface area contributed by atoms with Crippen molar-refractivity contribution in [3.05, 3.63) is 203 Å². The van der Waals surface area contributed by atoms with E-state index in [4.69, 9.17) is 0 Å². The Balaban J connectivity index is 1.55. The molecule has 0 aliphatic carbocycles. The van der Waals surface area contributed by atoms with Crippen LogP contribution in [0.25, 0.3) is 41.7 Å². The minimum Gasteiger partial charge on any atom is -0.136 e. The van der Waals surface area contributed by atoms with Crippen molar-refractivity contribution < 1.29 is 0 Å². The normalized spacial score (nSPS) is 14.4. The molecule has 1 aliphatic heterocycles. The van der Waals surface area contributed by atoms with Gasteiger partial charge in [-0.05, 0) is 78.1 Å². The van der Waals surface area contributed by atoms with Gasteiger partial charge in [0.2, 0.25) is 0 Å². The molecule has 0 saturated carbocycles. The van der Waals surface area contributed by atoms with Gasteiger partial charge in [0.05, 0.1) is 0 Å². The van der Waals surface area contributed by atoms with Crippen LogP contribution in [0.2, 0.25) is 0 Å². The van der Waals surface area contributed by atoms with Crippen LogP contribution in [0.1, 0.15) is 20.9 Å². The molecule has 47 heavy (non-hydrogen) atoms. The average Bonchev–Trinajstić information content (AvgIpc) is 3.85. The van der Waals surface area contributed by atoms with Crippen LogP contribution in [-0.2, 0) is 0 Å². The van der Waals surface area contributed by atoms with Gasteiger partial charge in [-0.1, -0.05) is 158 Å². The van der Waals surface area contributed by atoms with E-state index in [1.807, 2.05) is 22.7 Å². The molecule has 0 unspecified atom stereocenters. The second-order valence-electron chi connectivity index (χ2n) is 12.0. The topological polar surface area (TPSA) is 0 Å². The molecule has 9 rings (SSSR count). The summed E-state index contributed by atoms with van der Waals surface area (Å²) in [6.45, 7) is 0. The molecular formula is C44H30S2Si. The van der Waals surface area contributed by atoms with Crippen LogP contribution >= 0.6 is 22.7 Å². The van der Waals surface area contributed by atoms with Gasteiger partial charge >= 0.3 is 0 Å². The third-order valence-corrected chi connectivity index (χ3v) is 16.9. The number of fused-ring (bicyclic) bond motifs is 2. The van der Waals surface area contributed by atoms with Crippen molar-refractivity contribution in [2.45, 2.75) is 0 Å². The molecule has 0 bridgehead atoms. The Kier molecular flexibility index (Phi) is 6.97. The van der Waals surface area contributed by atoms with Gasteiger partial charge in [0.1, 0.15) is 0 Å². The fourth-order valence-corrected chi connectivity index (χ4v) is 16.0. The van der Waals surface area contributed by atoms with E-state index in [0.29, 0.717) is 0 Å². The summed E-state index contributed by atoms with van der Waals surface area (Å²) in [5.74, 6) is 0. The molecule has 0 spiro atoms. The van der Waals surface area contributed by atoms with Crippen LogP contribution in [0, 0.1) is 0 Å². The highest BCUT2D eigenvalue weighted by molar-refractivity contribution is 7.35. The second-order valence-corrected chi connectivity index (χ2v) is 17.8. The van der Waals surface area contributed by atoms with Crippen molar-refractivity contribution in [1.29, 1.82) is 0 Å². The lowest BCUT2D eigenvalue weighted by Crippen LogP contribution is -2.59. The first-order chi connectivity index (χ1) is 23.3. The number of hydrogen-bond acceptors (Lipinski definition) is 2. The van der Waals surface area contributed by atoms with E-state index in [2.05, 4.69) is 182 Å². The molecule has 0 N–H and O–H groups in total. The Hall–Kier alpha value is -5.06. The van der Waals surface area contributed by atoms with Crippen molar-refractivity contribution in [1.82, 2.24) is 0 Å². The molecule has 0 fully saturated rings. The summed E-state index contributed by atoms with van der Waals surface area (Å²) in [6, 6.07) is 67.8. The number of benzene rings is 6. The van der Waals surface area contributed by atoms with Gasteiger partial charge in [0, 0.05) is 19.2 Å². The molecule has 0 atom stereocenters. The third-order valence-electron chi connectivity index (χ3n) is 9.38. The molecular weight excluding hydrogens is 621 g/mol. The first-order valence-electron chi connectivity index (χ1n) is 16.0. The maximum atomic E-state index is 2.46. The summed E-state index contributed by atoms with van der Waals surface area (Å²) >= 11 is 3.88. The van der Waals surface area contributed by atoms with Crippen molar-refractivity contribution >= 4 is 82.8 Å². The Morgan fingerprint density at radius 3 is 1.06 bits per heavy atom. The van der Waals surface area contributed by atoms with Crippen LogP contribution in [0.5, 0.6) is 0 Å². The number of hydrogen-bond donors (Lipinski definition) is 0. The fraction of sp³-hybridized carbons (Fsp3) is 0. The lowest BCUT2D eigenvalue weighted by Gasteiger charge is -2.35. The lowest BCUT2D eigenvalue weighted by atomic mass is 9.91. The lowest BCUT2D eigenvalue weighted by molar-refractivity contribution is 1.60. The summed E-state index contributed by atoms with van der Waals surface area (Å²) in [7, 11) is -2.96. The highest BCUT2D eigenvalue weighted by Crippen LogP contribution is 2.57. The molecule has 0 radical (unpaired) electrons. The van der Waals surface area contributed by atoms with Crippen LogP contribution in [0.15, 0.2) is 182 Å². The van der Waals surface area contributed by atoms with Gasteiger partial charge in [0.15, 0.2) is 8.07 Å². The largest absolute Gasteiger partial charge is 0.183 e. The smallest absolute Gasteiger partial charge is 0.136 e. The summed E-state index contributed by atoms with van der Waals surface area (Å²) < 4.78 is 2.64. The zero-order valence-electron chi connectivity index (χ0n) is 25.6. The molecule has 1 aliphatic rings. The quantitative estimate of drug-likeness (QED) is 0.157. The fourth-order valence-electron chi connectivity index (χ4n) is 7.48. The predicted octanol–water partition coefficient (Wildman–Crippen LogP) is 11.0. The Morgan fingerprint density at radius 2 is 0.681 bits per heavy atom. The standard InChI is InChI=1S/C44H30S2Si/c1-5-17-31(18-6-1)41-42(32-19-7-2-8-20-32)44(40-30-34-22-14-16-28-38(34)46-40)47(35-23-9-3-10-24-35,36-25-11-4-12-26-36)43(41)39-29-33-21-13-15-27-37(33)45-39/h1-30H. The van der Waals surface area contributed by atoms with Crippen molar-refractivity contribution in [2.24, 2.45) is 0 Å². The Morgan fingerprint density at radius 1 is 0.340 bits per heavy atom. The molecule has 2 aromatic heterocycles. The number of rotatable bonds is 6. The van der Waals surface area contributed by atoms with Crippen molar-refractivity contribution in [2.75, 3.05) is 0 Å². The molecule has 8 aromatic rings. The molecule has 0 nitrogen and oxygen atoms in total. The highest BCUT2D eigenvalue weighted by Gasteiger charge is 2.54. The Bertz CT molecular complexity index is 2190. The zero-order chi connectivity index (χ0) is 31.2. The van der Waals surface area contributed by atoms with Gasteiger partial charge in [-0.25, -0.2) is 0 Å². The van der Waals surface area contributed by atoms with Crippen LogP contribution in [0.4, 0.5) is 0 Å². The molecule has 0 saturated heterocycles. The van der Waals surface area contributed by atoms with E-state index < -0.39 is 8.07 Å². The molecule has 222 valence electrons. The molecule has 3 heteroatoms. The Labute approximate surface area is 284 Å². The van der Waals surface area contributed by atoms with E-state index >= 15 is 0 Å². The minimum atomic E-state index is -2.96. The van der Waals surface area contributed by atoms with Gasteiger partial charge in [-0.2, -0.15) is 0 Å². The summed E-state index contributed by atoms with van der Waals surface area (Å²) in [5.41, 5.74) is 5.24. The second kappa shape index (κ2) is 11.6. The van der Waals surface area contributed by atoms with E-state index in [1.165, 1.54) is 73.0 Å². The molecule has 3 heterocycles. The van der Waals surface area contributed by atoms with Crippen LogP contribution in [0.3, 0.4) is 0 Å². The van der Waals surface area contributed by atoms with Gasteiger partial charge < -0.3 is 0 Å². The van der Waals surface area contributed by atoms with Crippen LogP contribution < -0.4 is 10.4 Å². The SMILES string of the molecule is c1ccc(C2=C(c3cc4ccccc4s3)[Si](c3ccccc3)(c3ccccc3)C(c3cc4ccccc4s3)=C2c2ccccc2)cc1. The zero-order valence-corrected chi connectivity index (χ0v) is 28.3. The van der Waals surface area contributed by atoms with E-state index in [0.717, 1.165) is 0 Å². The first-order valence-corrected chi connectivity index (χ1v) is 19.7. The van der Waals surface area contributed by atoms with Crippen LogP contribution in [-0.4, -0.2) is 8.07 Å². The first kappa shape index (κ1) is 28.2. The van der Waals surface area contributed by atoms with Gasteiger partial charge in [-0.3, -0.25) is 0 Å². The van der Waals surface area contributed by atoms with E-state index in [1.54, 1.807) is 0 Å². The number of allylic oxidation sites excluding steroid dienone is 2. The van der Waals surface area contributed by atoms with E-state index in [9.17, 15) is 0 Å². The number of thiophene rings is 2.